The standard InChI is InChI=1S/C21H26N4O3/c1-16-6-3-4-7-18(16)14-23-10-12-24(13-11-23)15-21(26)22-19-8-5-9-20(17(19)2)25(27)28/h3-9H,10-15H2,1-2H3,(H,22,26). The van der Waals surface area contributed by atoms with Crippen LogP contribution < -0.4 is 5.32 Å². The summed E-state index contributed by atoms with van der Waals surface area (Å²) in [7, 11) is 0. The molecule has 1 amide bonds. The largest absolute Gasteiger partial charge is 0.324 e. The van der Waals surface area contributed by atoms with E-state index in [1.54, 1.807) is 19.1 Å². The lowest BCUT2D eigenvalue weighted by Crippen LogP contribution is -2.48. The molecular weight excluding hydrogens is 356 g/mol. The predicted octanol–water partition coefficient (Wildman–Crippen LogP) is 2.97. The van der Waals surface area contributed by atoms with Crippen molar-refractivity contribution in [1.82, 2.24) is 9.80 Å². The SMILES string of the molecule is Cc1ccccc1CN1CCN(CC(=O)Nc2cccc([N+](=O)[O-])c2C)CC1. The summed E-state index contributed by atoms with van der Waals surface area (Å²) in [6.45, 7) is 8.49. The molecule has 1 fully saturated rings. The van der Waals surface area contributed by atoms with Crippen LogP contribution in [-0.4, -0.2) is 53.4 Å². The van der Waals surface area contributed by atoms with Gasteiger partial charge in [0.15, 0.2) is 0 Å². The number of benzene rings is 2. The molecule has 2 aromatic carbocycles. The summed E-state index contributed by atoms with van der Waals surface area (Å²) in [4.78, 5) is 27.5. The summed E-state index contributed by atoms with van der Waals surface area (Å²) >= 11 is 0. The first kappa shape index (κ1) is 20.0. The number of carbonyl (C=O) groups is 1. The number of hydrogen-bond donors (Lipinski definition) is 1. The van der Waals surface area contributed by atoms with Crippen LogP contribution in [0.4, 0.5) is 11.4 Å². The number of nitrogens with zero attached hydrogens (tertiary/aromatic N) is 3. The Kier molecular flexibility index (Phi) is 6.38. The Balaban J connectivity index is 1.50. The van der Waals surface area contributed by atoms with Gasteiger partial charge in [-0.3, -0.25) is 24.7 Å². The Labute approximate surface area is 165 Å². The van der Waals surface area contributed by atoms with Gasteiger partial charge in [0, 0.05) is 38.8 Å². The number of nitrogens with one attached hydrogen (secondary N) is 1. The summed E-state index contributed by atoms with van der Waals surface area (Å²) in [6, 6.07) is 13.1. The first-order chi connectivity index (χ1) is 13.4. The van der Waals surface area contributed by atoms with E-state index >= 15 is 0 Å². The van der Waals surface area contributed by atoms with Crippen LogP contribution in [0, 0.1) is 24.0 Å². The second kappa shape index (κ2) is 8.95. The van der Waals surface area contributed by atoms with Crippen molar-refractivity contribution in [2.45, 2.75) is 20.4 Å². The third-order valence-electron chi connectivity index (χ3n) is 5.26. The Morgan fingerprint density at radius 3 is 2.39 bits per heavy atom. The van der Waals surface area contributed by atoms with Gasteiger partial charge in [0.05, 0.1) is 22.7 Å². The molecule has 3 rings (SSSR count). The molecule has 0 saturated carbocycles. The summed E-state index contributed by atoms with van der Waals surface area (Å²) < 4.78 is 0. The molecule has 1 heterocycles. The molecule has 2 aromatic rings. The van der Waals surface area contributed by atoms with E-state index in [9.17, 15) is 14.9 Å². The van der Waals surface area contributed by atoms with Gasteiger partial charge in [-0.1, -0.05) is 30.3 Å². The zero-order valence-electron chi connectivity index (χ0n) is 16.4. The third kappa shape index (κ3) is 4.94. The molecule has 1 aliphatic heterocycles. The smallest absolute Gasteiger partial charge is 0.274 e. The summed E-state index contributed by atoms with van der Waals surface area (Å²) in [5, 5.41) is 13.9. The van der Waals surface area contributed by atoms with Gasteiger partial charge in [0.1, 0.15) is 0 Å². The number of carbonyl (C=O) groups excluding carboxylic acids is 1. The van der Waals surface area contributed by atoms with E-state index in [0.717, 1.165) is 32.7 Å². The van der Waals surface area contributed by atoms with Crippen molar-refractivity contribution in [3.63, 3.8) is 0 Å². The zero-order valence-corrected chi connectivity index (χ0v) is 16.4. The van der Waals surface area contributed by atoms with Crippen molar-refractivity contribution in [1.29, 1.82) is 0 Å². The van der Waals surface area contributed by atoms with Gasteiger partial charge in [-0.2, -0.15) is 0 Å². The number of amides is 1. The van der Waals surface area contributed by atoms with Crippen molar-refractivity contribution in [3.8, 4) is 0 Å². The van der Waals surface area contributed by atoms with Gasteiger partial charge in [-0.05, 0) is 31.0 Å². The van der Waals surface area contributed by atoms with Gasteiger partial charge in [-0.25, -0.2) is 0 Å². The van der Waals surface area contributed by atoms with Gasteiger partial charge in [-0.15, -0.1) is 0 Å². The van der Waals surface area contributed by atoms with E-state index < -0.39 is 4.92 Å². The molecule has 7 heteroatoms. The van der Waals surface area contributed by atoms with Crippen LogP contribution in [0.25, 0.3) is 0 Å². The highest BCUT2D eigenvalue weighted by molar-refractivity contribution is 5.93. The normalized spacial score (nSPS) is 15.4. The number of aryl methyl sites for hydroxylation is 1. The summed E-state index contributed by atoms with van der Waals surface area (Å²) in [6.07, 6.45) is 0. The quantitative estimate of drug-likeness (QED) is 0.614. The van der Waals surface area contributed by atoms with Gasteiger partial charge < -0.3 is 5.32 Å². The summed E-state index contributed by atoms with van der Waals surface area (Å²) in [5.41, 5.74) is 3.63. The molecular formula is C21H26N4O3. The topological polar surface area (TPSA) is 78.7 Å². The van der Waals surface area contributed by atoms with E-state index in [1.165, 1.54) is 17.2 Å². The molecule has 0 unspecified atom stereocenters. The van der Waals surface area contributed by atoms with Crippen molar-refractivity contribution < 1.29 is 9.72 Å². The Bertz CT molecular complexity index is 860. The van der Waals surface area contributed by atoms with Crippen LogP contribution in [0.2, 0.25) is 0 Å². The number of piperazine rings is 1. The van der Waals surface area contributed by atoms with Gasteiger partial charge in [0.2, 0.25) is 5.91 Å². The molecule has 0 aliphatic carbocycles. The minimum atomic E-state index is -0.432. The molecule has 7 nitrogen and oxygen atoms in total. The minimum Gasteiger partial charge on any atom is -0.324 e. The maximum absolute atomic E-state index is 12.4. The molecule has 1 aliphatic rings. The number of nitro groups is 1. The monoisotopic (exact) mass is 382 g/mol. The fourth-order valence-electron chi connectivity index (χ4n) is 3.48. The Morgan fingerprint density at radius 1 is 1.04 bits per heavy atom. The van der Waals surface area contributed by atoms with Crippen molar-refractivity contribution in [3.05, 3.63) is 69.3 Å². The van der Waals surface area contributed by atoms with Crippen molar-refractivity contribution in [2.75, 3.05) is 38.0 Å². The van der Waals surface area contributed by atoms with E-state index in [-0.39, 0.29) is 11.6 Å². The molecule has 0 radical (unpaired) electrons. The number of nitro benzene ring substituents is 1. The molecule has 0 aromatic heterocycles. The Hall–Kier alpha value is -2.77. The van der Waals surface area contributed by atoms with Crippen molar-refractivity contribution >= 4 is 17.3 Å². The fraction of sp³-hybridized carbons (Fsp3) is 0.381. The minimum absolute atomic E-state index is 0.0163. The van der Waals surface area contributed by atoms with Crippen LogP contribution in [0.1, 0.15) is 16.7 Å². The second-order valence-corrected chi connectivity index (χ2v) is 7.23. The van der Waals surface area contributed by atoms with E-state index in [4.69, 9.17) is 0 Å². The lowest BCUT2D eigenvalue weighted by Gasteiger charge is -2.34. The maximum atomic E-state index is 12.4. The van der Waals surface area contributed by atoms with E-state index in [0.29, 0.717) is 17.8 Å². The third-order valence-corrected chi connectivity index (χ3v) is 5.26. The molecule has 28 heavy (non-hydrogen) atoms. The van der Waals surface area contributed by atoms with E-state index in [2.05, 4.69) is 46.3 Å². The lowest BCUT2D eigenvalue weighted by atomic mass is 10.1. The molecule has 0 bridgehead atoms. The maximum Gasteiger partial charge on any atom is 0.274 e. The zero-order chi connectivity index (χ0) is 20.1. The van der Waals surface area contributed by atoms with Crippen LogP contribution in [0.3, 0.4) is 0 Å². The first-order valence-corrected chi connectivity index (χ1v) is 9.47. The van der Waals surface area contributed by atoms with E-state index in [1.807, 2.05) is 0 Å². The second-order valence-electron chi connectivity index (χ2n) is 7.23. The molecule has 1 N–H and O–H groups in total. The van der Waals surface area contributed by atoms with Crippen molar-refractivity contribution in [2.24, 2.45) is 0 Å². The number of anilines is 1. The average Bonchev–Trinajstić information content (AvgIpc) is 2.66. The number of rotatable bonds is 6. The van der Waals surface area contributed by atoms with Crippen LogP contribution >= 0.6 is 0 Å². The first-order valence-electron chi connectivity index (χ1n) is 9.47. The Morgan fingerprint density at radius 2 is 1.71 bits per heavy atom. The fourth-order valence-corrected chi connectivity index (χ4v) is 3.48. The highest BCUT2D eigenvalue weighted by Gasteiger charge is 2.20. The van der Waals surface area contributed by atoms with Crippen LogP contribution in [0.15, 0.2) is 42.5 Å². The highest BCUT2D eigenvalue weighted by Crippen LogP contribution is 2.25. The molecule has 0 atom stereocenters. The number of hydrogen-bond acceptors (Lipinski definition) is 5. The van der Waals surface area contributed by atoms with Gasteiger partial charge >= 0.3 is 0 Å². The molecule has 1 saturated heterocycles. The highest BCUT2D eigenvalue weighted by atomic mass is 16.6. The van der Waals surface area contributed by atoms with Gasteiger partial charge in [0.25, 0.3) is 5.69 Å². The molecule has 0 spiro atoms. The van der Waals surface area contributed by atoms with Crippen LogP contribution in [-0.2, 0) is 11.3 Å². The molecule has 148 valence electrons. The van der Waals surface area contributed by atoms with Crippen LogP contribution in [0.5, 0.6) is 0 Å². The lowest BCUT2D eigenvalue weighted by molar-refractivity contribution is -0.385. The predicted molar refractivity (Wildman–Crippen MR) is 109 cm³/mol. The average molecular weight is 382 g/mol. The summed E-state index contributed by atoms with van der Waals surface area (Å²) in [5.74, 6) is -0.143.